The molecule has 2 amide bonds. The Bertz CT molecular complexity index is 976. The number of aryl methyl sites for hydroxylation is 2. The summed E-state index contributed by atoms with van der Waals surface area (Å²) in [5, 5.41) is 2.74. The van der Waals surface area contributed by atoms with Crippen molar-refractivity contribution in [1.82, 2.24) is 9.80 Å². The molecule has 0 spiro atoms. The topological polar surface area (TPSA) is 55.9 Å². The summed E-state index contributed by atoms with van der Waals surface area (Å²) < 4.78 is 0. The van der Waals surface area contributed by atoms with Crippen LogP contribution >= 0.6 is 0 Å². The number of rotatable bonds is 5. The quantitative estimate of drug-likeness (QED) is 0.758. The second kappa shape index (κ2) is 8.81. The predicted octanol–water partition coefficient (Wildman–Crippen LogP) is 3.19. The molecule has 162 valence electrons. The number of carbonyl (C=O) groups is 2. The Morgan fingerprint density at radius 3 is 2.74 bits per heavy atom. The average molecular weight is 419 g/mol. The number of amides is 2. The molecule has 3 heterocycles. The zero-order valence-electron chi connectivity index (χ0n) is 17.9. The molecule has 0 radical (unpaired) electrons. The lowest BCUT2D eigenvalue weighted by atomic mass is 10.0. The van der Waals surface area contributed by atoms with Crippen molar-refractivity contribution < 1.29 is 9.59 Å². The van der Waals surface area contributed by atoms with Gasteiger partial charge in [0.25, 0.3) is 0 Å². The number of hydrogen-bond acceptors (Lipinski definition) is 4. The SMILES string of the molecule is O=CNc1ccc2c(c1)N(C(=O)CCN1CCN3CCC[C@@H]3C1)c1ccccc1CC2. The minimum absolute atomic E-state index is 0.118. The van der Waals surface area contributed by atoms with E-state index in [0.717, 1.165) is 56.0 Å². The lowest BCUT2D eigenvalue weighted by molar-refractivity contribution is -0.118. The first-order chi connectivity index (χ1) is 15.2. The Morgan fingerprint density at radius 2 is 1.87 bits per heavy atom. The first-order valence-electron chi connectivity index (χ1n) is 11.4. The molecule has 2 aromatic carbocycles. The van der Waals surface area contributed by atoms with Crippen LogP contribution in [0.4, 0.5) is 17.1 Å². The second-order valence-electron chi connectivity index (χ2n) is 8.85. The highest BCUT2D eigenvalue weighted by Gasteiger charge is 2.31. The molecule has 3 aliphatic heterocycles. The standard InChI is InChI=1S/C25H30N4O2/c30-18-26-21-10-9-20-8-7-19-4-1-2-6-23(19)29(24(20)16-21)25(31)11-13-27-14-15-28-12-3-5-22(28)17-27/h1-2,4,6,9-10,16,18,22H,3,5,7-8,11-15,17H2,(H,26,30)/t22-/m1/s1. The summed E-state index contributed by atoms with van der Waals surface area (Å²) in [6.07, 6.45) is 5.53. The van der Waals surface area contributed by atoms with Gasteiger partial charge in [-0.25, -0.2) is 0 Å². The van der Waals surface area contributed by atoms with Gasteiger partial charge in [-0.05, 0) is 61.6 Å². The Hall–Kier alpha value is -2.70. The van der Waals surface area contributed by atoms with Crippen LogP contribution in [-0.4, -0.2) is 60.9 Å². The van der Waals surface area contributed by atoms with Gasteiger partial charge in [0.2, 0.25) is 12.3 Å². The minimum atomic E-state index is 0.118. The van der Waals surface area contributed by atoms with E-state index in [4.69, 9.17) is 0 Å². The number of para-hydroxylation sites is 1. The van der Waals surface area contributed by atoms with E-state index in [9.17, 15) is 9.59 Å². The molecule has 0 aromatic heterocycles. The van der Waals surface area contributed by atoms with Crippen LogP contribution < -0.4 is 10.2 Å². The van der Waals surface area contributed by atoms with E-state index < -0.39 is 0 Å². The first kappa shape index (κ1) is 20.2. The van der Waals surface area contributed by atoms with Gasteiger partial charge < -0.3 is 5.32 Å². The van der Waals surface area contributed by atoms with Crippen molar-refractivity contribution in [2.45, 2.75) is 38.1 Å². The van der Waals surface area contributed by atoms with Gasteiger partial charge in [-0.15, -0.1) is 0 Å². The first-order valence-corrected chi connectivity index (χ1v) is 11.4. The Balaban J connectivity index is 1.39. The van der Waals surface area contributed by atoms with Crippen LogP contribution in [0.15, 0.2) is 42.5 Å². The fourth-order valence-electron chi connectivity index (χ4n) is 5.37. The molecule has 2 aromatic rings. The largest absolute Gasteiger partial charge is 0.329 e. The third kappa shape index (κ3) is 4.10. The van der Waals surface area contributed by atoms with E-state index in [0.29, 0.717) is 24.6 Å². The second-order valence-corrected chi connectivity index (χ2v) is 8.85. The zero-order valence-corrected chi connectivity index (χ0v) is 17.9. The molecule has 0 unspecified atom stereocenters. The van der Waals surface area contributed by atoms with Crippen molar-refractivity contribution in [3.05, 3.63) is 53.6 Å². The van der Waals surface area contributed by atoms with E-state index in [1.165, 1.54) is 24.9 Å². The van der Waals surface area contributed by atoms with Gasteiger partial charge in [0.1, 0.15) is 0 Å². The Labute approximate surface area is 183 Å². The summed E-state index contributed by atoms with van der Waals surface area (Å²) in [5.41, 5.74) is 4.90. The van der Waals surface area contributed by atoms with Gasteiger partial charge in [-0.2, -0.15) is 0 Å². The number of hydrogen-bond donors (Lipinski definition) is 1. The van der Waals surface area contributed by atoms with Crippen LogP contribution in [-0.2, 0) is 22.4 Å². The molecule has 5 rings (SSSR count). The molecular formula is C25H30N4O2. The average Bonchev–Trinajstić information content (AvgIpc) is 3.19. The number of carbonyl (C=O) groups excluding carboxylic acids is 2. The van der Waals surface area contributed by atoms with E-state index in [-0.39, 0.29) is 5.91 Å². The van der Waals surface area contributed by atoms with E-state index in [1.807, 2.05) is 41.3 Å². The predicted molar refractivity (Wildman–Crippen MR) is 123 cm³/mol. The summed E-state index contributed by atoms with van der Waals surface area (Å²) in [6.45, 7) is 5.27. The Kier molecular flexibility index (Phi) is 5.74. The molecule has 0 saturated carbocycles. The molecule has 1 atom stereocenters. The van der Waals surface area contributed by atoms with Crippen LogP contribution in [0.25, 0.3) is 0 Å². The van der Waals surface area contributed by atoms with Crippen molar-refractivity contribution in [2.75, 3.05) is 42.9 Å². The summed E-state index contributed by atoms with van der Waals surface area (Å²) in [5.74, 6) is 0.118. The smallest absolute Gasteiger partial charge is 0.232 e. The number of anilines is 3. The molecule has 31 heavy (non-hydrogen) atoms. The molecule has 2 fully saturated rings. The molecule has 0 aliphatic carbocycles. The van der Waals surface area contributed by atoms with Crippen molar-refractivity contribution >= 4 is 29.4 Å². The molecule has 6 nitrogen and oxygen atoms in total. The fraction of sp³-hybridized carbons (Fsp3) is 0.440. The summed E-state index contributed by atoms with van der Waals surface area (Å²) in [6, 6.07) is 14.7. The maximum absolute atomic E-state index is 13.6. The van der Waals surface area contributed by atoms with Crippen LogP contribution in [0.1, 0.15) is 30.4 Å². The number of nitrogens with one attached hydrogen (secondary N) is 1. The van der Waals surface area contributed by atoms with Crippen molar-refractivity contribution in [3.8, 4) is 0 Å². The van der Waals surface area contributed by atoms with Crippen LogP contribution in [0, 0.1) is 0 Å². The Morgan fingerprint density at radius 1 is 1.03 bits per heavy atom. The maximum atomic E-state index is 13.6. The third-order valence-electron chi connectivity index (χ3n) is 7.01. The maximum Gasteiger partial charge on any atom is 0.232 e. The number of piperazine rings is 1. The normalized spacial score (nSPS) is 21.0. The van der Waals surface area contributed by atoms with Crippen LogP contribution in [0.3, 0.4) is 0 Å². The van der Waals surface area contributed by atoms with Crippen LogP contribution in [0.5, 0.6) is 0 Å². The molecule has 3 aliphatic rings. The summed E-state index contributed by atoms with van der Waals surface area (Å²) in [7, 11) is 0. The van der Waals surface area contributed by atoms with E-state index >= 15 is 0 Å². The molecule has 2 saturated heterocycles. The number of fused-ring (bicyclic) bond motifs is 3. The van der Waals surface area contributed by atoms with Crippen LogP contribution in [0.2, 0.25) is 0 Å². The molecular weight excluding hydrogens is 388 g/mol. The van der Waals surface area contributed by atoms with Crippen molar-refractivity contribution in [1.29, 1.82) is 0 Å². The molecule has 1 N–H and O–H groups in total. The fourth-order valence-corrected chi connectivity index (χ4v) is 5.37. The van der Waals surface area contributed by atoms with Gasteiger partial charge >= 0.3 is 0 Å². The van der Waals surface area contributed by atoms with E-state index in [1.54, 1.807) is 0 Å². The lowest BCUT2D eigenvalue weighted by Crippen LogP contribution is -2.50. The van der Waals surface area contributed by atoms with E-state index in [2.05, 4.69) is 21.2 Å². The highest BCUT2D eigenvalue weighted by Crippen LogP contribution is 2.38. The number of benzene rings is 2. The van der Waals surface area contributed by atoms with Gasteiger partial charge in [-0.3, -0.25) is 24.3 Å². The molecule has 0 bridgehead atoms. The third-order valence-corrected chi connectivity index (χ3v) is 7.01. The van der Waals surface area contributed by atoms with Gasteiger partial charge in [-0.1, -0.05) is 24.3 Å². The summed E-state index contributed by atoms with van der Waals surface area (Å²) >= 11 is 0. The van der Waals surface area contributed by atoms with Gasteiger partial charge in [0, 0.05) is 44.3 Å². The van der Waals surface area contributed by atoms with Gasteiger partial charge in [0.15, 0.2) is 0 Å². The van der Waals surface area contributed by atoms with Crippen molar-refractivity contribution in [2.24, 2.45) is 0 Å². The zero-order chi connectivity index (χ0) is 21.2. The van der Waals surface area contributed by atoms with Crippen molar-refractivity contribution in [3.63, 3.8) is 0 Å². The van der Waals surface area contributed by atoms with Gasteiger partial charge in [0.05, 0.1) is 11.4 Å². The monoisotopic (exact) mass is 418 g/mol. The molecule has 6 heteroatoms. The highest BCUT2D eigenvalue weighted by molar-refractivity contribution is 6.03. The lowest BCUT2D eigenvalue weighted by Gasteiger charge is -2.37. The highest BCUT2D eigenvalue weighted by atomic mass is 16.2. The number of nitrogens with zero attached hydrogens (tertiary/aromatic N) is 3. The summed E-state index contributed by atoms with van der Waals surface area (Å²) in [4.78, 5) is 31.5. The minimum Gasteiger partial charge on any atom is -0.329 e.